The number of aryl methyl sites for hydroxylation is 1. The highest BCUT2D eigenvalue weighted by atomic mass is 16.6. The largest absolute Gasteiger partial charge is 0.295 e. The van der Waals surface area contributed by atoms with Crippen LogP contribution in [0.2, 0.25) is 0 Å². The monoisotopic (exact) mass is 250 g/mol. The van der Waals surface area contributed by atoms with Crippen LogP contribution >= 0.6 is 0 Å². The van der Waals surface area contributed by atoms with Crippen LogP contribution in [0.3, 0.4) is 0 Å². The van der Waals surface area contributed by atoms with Crippen LogP contribution in [0.15, 0.2) is 30.3 Å². The number of nitrogens with zero attached hydrogens (tertiary/aromatic N) is 2. The maximum Gasteiger partial charge on any atom is 0.231 e. The van der Waals surface area contributed by atoms with Gasteiger partial charge in [-0.2, -0.15) is 0 Å². The Morgan fingerprint density at radius 1 is 1.33 bits per heavy atom. The summed E-state index contributed by atoms with van der Waals surface area (Å²) in [5.74, 6) is 0. The van der Waals surface area contributed by atoms with Gasteiger partial charge >= 0.3 is 0 Å². The topological polar surface area (TPSA) is 46.4 Å². The molecular weight excluding hydrogens is 228 g/mol. The van der Waals surface area contributed by atoms with Crippen LogP contribution < -0.4 is 0 Å². The fourth-order valence-corrected chi connectivity index (χ4v) is 2.11. The van der Waals surface area contributed by atoms with E-state index < -0.39 is 6.04 Å². The van der Waals surface area contributed by atoms with Crippen LogP contribution in [0.5, 0.6) is 0 Å². The van der Waals surface area contributed by atoms with Gasteiger partial charge in [-0.05, 0) is 27.8 Å². The molecule has 100 valence electrons. The first kappa shape index (κ1) is 14.6. The molecule has 4 nitrogen and oxygen atoms in total. The van der Waals surface area contributed by atoms with Gasteiger partial charge in [0.05, 0.1) is 5.54 Å². The summed E-state index contributed by atoms with van der Waals surface area (Å²) < 4.78 is 0. The second-order valence-electron chi connectivity index (χ2n) is 5.32. The van der Waals surface area contributed by atoms with Crippen molar-refractivity contribution in [1.29, 1.82) is 0 Å². The number of likely N-dealkylation sites (tertiary alicyclic amines) is 1. The molecule has 0 radical (unpaired) electrons. The maximum absolute atomic E-state index is 10.5. The van der Waals surface area contributed by atoms with Crippen LogP contribution in [0.4, 0.5) is 0 Å². The molecule has 1 aliphatic rings. The Balaban J connectivity index is 0.000000199. The molecule has 1 aliphatic heterocycles. The van der Waals surface area contributed by atoms with Crippen molar-refractivity contribution >= 4 is 0 Å². The predicted octanol–water partition coefficient (Wildman–Crippen LogP) is 2.74. The lowest BCUT2D eigenvalue weighted by Gasteiger charge is -2.27. The van der Waals surface area contributed by atoms with Crippen molar-refractivity contribution in [2.24, 2.45) is 0 Å². The molecule has 4 heteroatoms. The molecule has 0 N–H and O–H groups in total. The average Bonchev–Trinajstić information content (AvgIpc) is 2.56. The molecule has 0 aliphatic carbocycles. The molecule has 1 fully saturated rings. The molecule has 2 rings (SSSR count). The van der Waals surface area contributed by atoms with Gasteiger partial charge in [0, 0.05) is 17.9 Å². The Bertz CT molecular complexity index is 390. The Kier molecular flexibility index (Phi) is 4.84. The Morgan fingerprint density at radius 2 is 1.89 bits per heavy atom. The summed E-state index contributed by atoms with van der Waals surface area (Å²) in [4.78, 5) is 12.4. The molecular formula is C14H22N2O2. The first-order valence-corrected chi connectivity index (χ1v) is 6.22. The molecule has 18 heavy (non-hydrogen) atoms. The summed E-state index contributed by atoms with van der Waals surface area (Å²) in [5.41, 5.74) is 1.05. The Hall–Kier alpha value is -1.42. The van der Waals surface area contributed by atoms with Crippen LogP contribution in [-0.4, -0.2) is 35.0 Å². The van der Waals surface area contributed by atoms with Gasteiger partial charge in [0.15, 0.2) is 0 Å². The van der Waals surface area contributed by atoms with Crippen molar-refractivity contribution in [1.82, 2.24) is 4.90 Å². The summed E-state index contributed by atoms with van der Waals surface area (Å²) in [6, 6.07) is 9.87. The quantitative estimate of drug-likeness (QED) is 0.568. The van der Waals surface area contributed by atoms with E-state index in [-0.39, 0.29) is 10.5 Å². The van der Waals surface area contributed by atoms with E-state index in [1.807, 2.05) is 44.0 Å². The second-order valence-corrected chi connectivity index (χ2v) is 5.32. The number of nitro groups is 1. The maximum atomic E-state index is 10.5. The molecule has 0 amide bonds. The fraction of sp³-hybridized carbons (Fsp3) is 0.571. The van der Waals surface area contributed by atoms with E-state index in [1.54, 1.807) is 0 Å². The molecule has 1 atom stereocenters. The summed E-state index contributed by atoms with van der Waals surface area (Å²) in [6.45, 7) is 6.76. The Morgan fingerprint density at radius 3 is 2.11 bits per heavy atom. The number of hydrogen-bond donors (Lipinski definition) is 0. The van der Waals surface area contributed by atoms with Gasteiger partial charge in [-0.3, -0.25) is 15.0 Å². The molecule has 1 aromatic carbocycles. The third kappa shape index (κ3) is 3.53. The molecule has 1 saturated heterocycles. The van der Waals surface area contributed by atoms with Gasteiger partial charge in [0.1, 0.15) is 0 Å². The Labute approximate surface area is 109 Å². The van der Waals surface area contributed by atoms with Gasteiger partial charge in [-0.1, -0.05) is 35.9 Å². The van der Waals surface area contributed by atoms with E-state index in [0.717, 1.165) is 6.54 Å². The minimum absolute atomic E-state index is 0.163. The summed E-state index contributed by atoms with van der Waals surface area (Å²) in [7, 11) is 1.93. The zero-order valence-electron chi connectivity index (χ0n) is 11.6. The summed E-state index contributed by atoms with van der Waals surface area (Å²) in [5, 5.41) is 10.5. The van der Waals surface area contributed by atoms with Gasteiger partial charge in [0.2, 0.25) is 6.04 Å². The zero-order chi connectivity index (χ0) is 13.8. The van der Waals surface area contributed by atoms with E-state index in [4.69, 9.17) is 0 Å². The SMILES string of the molecule is CN1CC[C@@H]([N+](=O)[O-])C1(C)C.Cc1ccccc1. The van der Waals surface area contributed by atoms with Crippen molar-refractivity contribution < 1.29 is 4.92 Å². The van der Waals surface area contributed by atoms with Gasteiger partial charge in [-0.25, -0.2) is 0 Å². The number of benzene rings is 1. The standard InChI is InChI=1S/C7H14N2O2.C7H8/c1-7(2)6(9(10)11)4-5-8(7)3;1-7-5-3-2-4-6-7/h6H,4-5H2,1-3H3;2-6H,1H3/t6-;/m1./s1. The van der Waals surface area contributed by atoms with Gasteiger partial charge in [-0.15, -0.1) is 0 Å². The van der Waals surface area contributed by atoms with Crippen LogP contribution in [0.1, 0.15) is 25.8 Å². The lowest BCUT2D eigenvalue weighted by molar-refractivity contribution is -0.531. The normalized spacial score (nSPS) is 22.1. The van der Waals surface area contributed by atoms with Crippen molar-refractivity contribution in [3.05, 3.63) is 46.0 Å². The first-order chi connectivity index (χ1) is 8.35. The van der Waals surface area contributed by atoms with Crippen molar-refractivity contribution in [3.8, 4) is 0 Å². The van der Waals surface area contributed by atoms with E-state index >= 15 is 0 Å². The molecule has 1 aromatic rings. The molecule has 0 aromatic heterocycles. The summed E-state index contributed by atoms with van der Waals surface area (Å²) >= 11 is 0. The molecule has 1 heterocycles. The highest BCUT2D eigenvalue weighted by Gasteiger charge is 2.47. The third-order valence-corrected chi connectivity index (χ3v) is 3.73. The van der Waals surface area contributed by atoms with Crippen molar-refractivity contribution in [3.63, 3.8) is 0 Å². The minimum Gasteiger partial charge on any atom is -0.295 e. The lowest BCUT2D eigenvalue weighted by atomic mass is 9.97. The van der Waals surface area contributed by atoms with E-state index in [1.165, 1.54) is 5.56 Å². The average molecular weight is 250 g/mol. The lowest BCUT2D eigenvalue weighted by Crippen LogP contribution is -2.46. The summed E-state index contributed by atoms with van der Waals surface area (Å²) in [6.07, 6.45) is 0.677. The van der Waals surface area contributed by atoms with E-state index in [2.05, 4.69) is 19.1 Å². The number of hydrogen-bond acceptors (Lipinski definition) is 3. The van der Waals surface area contributed by atoms with Crippen LogP contribution in [0, 0.1) is 17.0 Å². The van der Waals surface area contributed by atoms with Crippen molar-refractivity contribution in [2.75, 3.05) is 13.6 Å². The van der Waals surface area contributed by atoms with Gasteiger partial charge < -0.3 is 0 Å². The molecule has 0 bridgehead atoms. The van der Waals surface area contributed by atoms with Crippen molar-refractivity contribution in [2.45, 2.75) is 38.8 Å². The van der Waals surface area contributed by atoms with Crippen LogP contribution in [0.25, 0.3) is 0 Å². The zero-order valence-corrected chi connectivity index (χ0v) is 11.6. The number of rotatable bonds is 1. The van der Waals surface area contributed by atoms with E-state index in [9.17, 15) is 10.1 Å². The number of likely N-dealkylation sites (N-methyl/N-ethyl adjacent to an activating group) is 1. The highest BCUT2D eigenvalue weighted by molar-refractivity contribution is 5.11. The highest BCUT2D eigenvalue weighted by Crippen LogP contribution is 2.28. The minimum atomic E-state index is -0.396. The molecule has 0 unspecified atom stereocenters. The van der Waals surface area contributed by atoms with Crippen LogP contribution in [-0.2, 0) is 0 Å². The first-order valence-electron chi connectivity index (χ1n) is 6.22. The smallest absolute Gasteiger partial charge is 0.231 e. The van der Waals surface area contributed by atoms with Gasteiger partial charge in [0.25, 0.3) is 0 Å². The molecule has 0 saturated carbocycles. The van der Waals surface area contributed by atoms with E-state index in [0.29, 0.717) is 6.42 Å². The fourth-order valence-electron chi connectivity index (χ4n) is 2.11. The predicted molar refractivity (Wildman–Crippen MR) is 73.3 cm³/mol. The molecule has 0 spiro atoms. The second kappa shape index (κ2) is 5.96. The third-order valence-electron chi connectivity index (χ3n) is 3.73.